The standard InChI is InChI=1S/C27H27NO6/c1-33-18-11-10-17(15-29)23(14-18)26(31)25(30)12-13-28-27(32)34-16-24-21-8-4-2-6-19(21)20-7-3-5-9-22(20)24/h2-11,14-15,24-26,30-31H,12-13,16H2,1H3,(H,28,32). The Morgan fingerprint density at radius 3 is 2.29 bits per heavy atom. The van der Waals surface area contributed by atoms with Crippen molar-refractivity contribution in [3.63, 3.8) is 0 Å². The fourth-order valence-corrected chi connectivity index (χ4v) is 4.38. The molecule has 0 aliphatic heterocycles. The Labute approximate surface area is 198 Å². The molecule has 0 saturated carbocycles. The van der Waals surface area contributed by atoms with Crippen LogP contribution in [0, 0.1) is 0 Å². The Kier molecular flexibility index (Phi) is 7.25. The van der Waals surface area contributed by atoms with E-state index in [2.05, 4.69) is 17.4 Å². The van der Waals surface area contributed by atoms with Crippen LogP contribution in [-0.4, -0.2) is 49.0 Å². The summed E-state index contributed by atoms with van der Waals surface area (Å²) in [4.78, 5) is 23.6. The number of hydrogen-bond acceptors (Lipinski definition) is 6. The molecule has 7 nitrogen and oxygen atoms in total. The molecule has 0 spiro atoms. The van der Waals surface area contributed by atoms with E-state index < -0.39 is 18.3 Å². The highest BCUT2D eigenvalue weighted by Gasteiger charge is 2.29. The summed E-state index contributed by atoms with van der Waals surface area (Å²) in [5, 5.41) is 23.5. The second-order valence-corrected chi connectivity index (χ2v) is 8.17. The summed E-state index contributed by atoms with van der Waals surface area (Å²) in [5.74, 6) is 0.420. The van der Waals surface area contributed by atoms with Gasteiger partial charge in [-0.25, -0.2) is 4.79 Å². The van der Waals surface area contributed by atoms with Gasteiger partial charge in [0.2, 0.25) is 0 Å². The van der Waals surface area contributed by atoms with Crippen LogP contribution in [-0.2, 0) is 4.74 Å². The third-order valence-corrected chi connectivity index (χ3v) is 6.16. The SMILES string of the molecule is COc1ccc(C=O)c(C(O)C(O)CCNC(=O)OCC2c3ccccc3-c3ccccc32)c1. The van der Waals surface area contributed by atoms with Crippen molar-refractivity contribution in [2.24, 2.45) is 0 Å². The molecule has 3 N–H and O–H groups in total. The summed E-state index contributed by atoms with van der Waals surface area (Å²) >= 11 is 0. The van der Waals surface area contributed by atoms with E-state index in [1.807, 2.05) is 36.4 Å². The number of alkyl carbamates (subject to hydrolysis) is 1. The molecule has 0 fully saturated rings. The molecule has 3 aromatic carbocycles. The van der Waals surface area contributed by atoms with Gasteiger partial charge in [0.05, 0.1) is 13.2 Å². The maximum absolute atomic E-state index is 12.3. The molecule has 4 rings (SSSR count). The molecular formula is C27H27NO6. The van der Waals surface area contributed by atoms with Crippen molar-refractivity contribution >= 4 is 12.4 Å². The topological polar surface area (TPSA) is 105 Å². The van der Waals surface area contributed by atoms with Gasteiger partial charge in [-0.15, -0.1) is 0 Å². The van der Waals surface area contributed by atoms with Crippen LogP contribution in [0.2, 0.25) is 0 Å². The third kappa shape index (κ3) is 4.81. The van der Waals surface area contributed by atoms with Crippen molar-refractivity contribution in [2.75, 3.05) is 20.3 Å². The van der Waals surface area contributed by atoms with Crippen LogP contribution in [0.4, 0.5) is 4.79 Å². The molecule has 2 unspecified atom stereocenters. The molecule has 34 heavy (non-hydrogen) atoms. The summed E-state index contributed by atoms with van der Waals surface area (Å²) in [6, 6.07) is 20.8. The zero-order valence-electron chi connectivity index (χ0n) is 18.8. The van der Waals surface area contributed by atoms with Gasteiger partial charge in [0.1, 0.15) is 24.7 Å². The van der Waals surface area contributed by atoms with Crippen molar-refractivity contribution < 1.29 is 29.3 Å². The van der Waals surface area contributed by atoms with Crippen molar-refractivity contribution in [1.82, 2.24) is 5.32 Å². The van der Waals surface area contributed by atoms with Crippen LogP contribution in [0.1, 0.15) is 45.5 Å². The second kappa shape index (κ2) is 10.5. The van der Waals surface area contributed by atoms with E-state index in [9.17, 15) is 19.8 Å². The molecule has 0 saturated heterocycles. The van der Waals surface area contributed by atoms with Crippen LogP contribution in [0.25, 0.3) is 11.1 Å². The van der Waals surface area contributed by atoms with E-state index in [1.54, 1.807) is 6.07 Å². The number of aliphatic hydroxyl groups is 2. The Bertz CT molecular complexity index is 1130. The lowest BCUT2D eigenvalue weighted by molar-refractivity contribution is 0.0132. The number of fused-ring (bicyclic) bond motifs is 3. The monoisotopic (exact) mass is 461 g/mol. The van der Waals surface area contributed by atoms with E-state index in [-0.39, 0.29) is 36.6 Å². The molecule has 0 bridgehead atoms. The fraction of sp³-hybridized carbons (Fsp3) is 0.259. The van der Waals surface area contributed by atoms with E-state index >= 15 is 0 Å². The highest BCUT2D eigenvalue weighted by Crippen LogP contribution is 2.44. The predicted molar refractivity (Wildman–Crippen MR) is 127 cm³/mol. The first-order chi connectivity index (χ1) is 16.5. The number of rotatable bonds is 9. The van der Waals surface area contributed by atoms with Crippen molar-refractivity contribution in [1.29, 1.82) is 0 Å². The molecule has 0 aromatic heterocycles. The molecule has 1 aliphatic rings. The normalized spacial score (nSPS) is 14.0. The minimum Gasteiger partial charge on any atom is -0.497 e. The zero-order chi connectivity index (χ0) is 24.1. The number of aliphatic hydroxyl groups excluding tert-OH is 2. The Morgan fingerprint density at radius 2 is 1.68 bits per heavy atom. The van der Waals surface area contributed by atoms with Crippen molar-refractivity contribution in [2.45, 2.75) is 24.5 Å². The van der Waals surface area contributed by atoms with E-state index in [1.165, 1.54) is 19.2 Å². The van der Waals surface area contributed by atoms with Crippen molar-refractivity contribution in [3.05, 3.63) is 89.0 Å². The van der Waals surface area contributed by atoms with Gasteiger partial charge in [-0.05, 0) is 52.4 Å². The molecule has 7 heteroatoms. The largest absolute Gasteiger partial charge is 0.497 e. The summed E-state index contributed by atoms with van der Waals surface area (Å²) in [6.45, 7) is 0.285. The van der Waals surface area contributed by atoms with Crippen LogP contribution in [0.5, 0.6) is 5.75 Å². The number of methoxy groups -OCH3 is 1. The molecule has 2 atom stereocenters. The van der Waals surface area contributed by atoms with Gasteiger partial charge < -0.3 is 25.0 Å². The minimum atomic E-state index is -1.31. The molecule has 1 amide bonds. The van der Waals surface area contributed by atoms with E-state index in [0.717, 1.165) is 22.3 Å². The lowest BCUT2D eigenvalue weighted by Gasteiger charge is -2.20. The van der Waals surface area contributed by atoms with Gasteiger partial charge in [-0.3, -0.25) is 4.79 Å². The summed E-state index contributed by atoms with van der Waals surface area (Å²) in [7, 11) is 1.47. The number of ether oxygens (including phenoxy) is 2. The summed E-state index contributed by atoms with van der Waals surface area (Å²) in [6.07, 6.45) is -2.42. The molecule has 0 radical (unpaired) electrons. The maximum atomic E-state index is 12.3. The zero-order valence-corrected chi connectivity index (χ0v) is 18.8. The van der Waals surface area contributed by atoms with E-state index in [4.69, 9.17) is 9.47 Å². The number of hydrogen-bond donors (Lipinski definition) is 3. The summed E-state index contributed by atoms with van der Waals surface area (Å²) < 4.78 is 10.6. The highest BCUT2D eigenvalue weighted by atomic mass is 16.5. The first-order valence-corrected chi connectivity index (χ1v) is 11.1. The molecule has 1 aliphatic carbocycles. The summed E-state index contributed by atoms with van der Waals surface area (Å²) in [5.41, 5.74) is 5.08. The average molecular weight is 462 g/mol. The van der Waals surface area contributed by atoms with Gasteiger partial charge in [0, 0.05) is 18.0 Å². The van der Waals surface area contributed by atoms with Crippen LogP contribution in [0.15, 0.2) is 66.7 Å². The van der Waals surface area contributed by atoms with Gasteiger partial charge in [-0.1, -0.05) is 48.5 Å². The van der Waals surface area contributed by atoms with Gasteiger partial charge in [0.15, 0.2) is 0 Å². The third-order valence-electron chi connectivity index (χ3n) is 6.16. The highest BCUT2D eigenvalue weighted by molar-refractivity contribution is 5.79. The number of carbonyl (C=O) groups excluding carboxylic acids is 2. The smallest absolute Gasteiger partial charge is 0.407 e. The lowest BCUT2D eigenvalue weighted by atomic mass is 9.97. The number of carbonyl (C=O) groups is 2. The molecule has 3 aromatic rings. The molecule has 0 heterocycles. The van der Waals surface area contributed by atoms with Crippen molar-refractivity contribution in [3.8, 4) is 16.9 Å². The van der Waals surface area contributed by atoms with Crippen LogP contribution < -0.4 is 10.1 Å². The first-order valence-electron chi connectivity index (χ1n) is 11.1. The molecule has 176 valence electrons. The molecular weight excluding hydrogens is 434 g/mol. The van der Waals surface area contributed by atoms with Gasteiger partial charge >= 0.3 is 6.09 Å². The number of benzene rings is 3. The lowest BCUT2D eigenvalue weighted by Crippen LogP contribution is -2.31. The average Bonchev–Trinajstić information content (AvgIpc) is 3.20. The first kappa shape index (κ1) is 23.5. The van der Waals surface area contributed by atoms with Gasteiger partial charge in [-0.2, -0.15) is 0 Å². The number of aldehydes is 1. The Balaban J connectivity index is 1.30. The minimum absolute atomic E-state index is 0.0413. The maximum Gasteiger partial charge on any atom is 0.407 e. The second-order valence-electron chi connectivity index (χ2n) is 8.17. The number of nitrogens with one attached hydrogen (secondary N) is 1. The Hall–Kier alpha value is -3.68. The van der Waals surface area contributed by atoms with Crippen LogP contribution in [0.3, 0.4) is 0 Å². The fourth-order valence-electron chi connectivity index (χ4n) is 4.38. The predicted octanol–water partition coefficient (Wildman–Crippen LogP) is 3.83. The van der Waals surface area contributed by atoms with E-state index in [0.29, 0.717) is 12.0 Å². The van der Waals surface area contributed by atoms with Gasteiger partial charge in [0.25, 0.3) is 0 Å². The van der Waals surface area contributed by atoms with Crippen LogP contribution >= 0.6 is 0 Å². The Morgan fingerprint density at radius 1 is 1.03 bits per heavy atom. The quantitative estimate of drug-likeness (QED) is 0.419. The number of amides is 1.